The fourth-order valence-electron chi connectivity index (χ4n) is 3.02. The van der Waals surface area contributed by atoms with E-state index in [9.17, 15) is 22.4 Å². The van der Waals surface area contributed by atoms with Gasteiger partial charge in [0.15, 0.2) is 5.11 Å². The monoisotopic (exact) mass is 409 g/mol. The van der Waals surface area contributed by atoms with Crippen LogP contribution in [0.4, 0.5) is 23.2 Å². The van der Waals surface area contributed by atoms with Gasteiger partial charge in [-0.3, -0.25) is 4.79 Å². The van der Waals surface area contributed by atoms with E-state index in [4.69, 9.17) is 12.2 Å². The molecule has 1 saturated heterocycles. The number of hydrogen-bond donors (Lipinski definition) is 3. The molecule has 1 fully saturated rings. The summed E-state index contributed by atoms with van der Waals surface area (Å²) in [5.74, 6) is -2.29. The number of para-hydroxylation sites is 1. The van der Waals surface area contributed by atoms with Gasteiger partial charge in [-0.25, -0.2) is 4.39 Å². The van der Waals surface area contributed by atoms with Gasteiger partial charge in [-0.15, -0.1) is 0 Å². The Morgan fingerprint density at radius 3 is 2.54 bits per heavy atom. The van der Waals surface area contributed by atoms with E-state index in [0.717, 1.165) is 12.1 Å². The molecule has 9 heteroatoms. The number of amides is 1. The van der Waals surface area contributed by atoms with Gasteiger partial charge in [0.25, 0.3) is 0 Å². The third kappa shape index (κ3) is 4.14. The van der Waals surface area contributed by atoms with Crippen LogP contribution in [0.15, 0.2) is 60.8 Å². The molecule has 1 aliphatic rings. The van der Waals surface area contributed by atoms with Crippen molar-refractivity contribution in [2.75, 3.05) is 5.32 Å². The van der Waals surface area contributed by atoms with Gasteiger partial charge in [0.2, 0.25) is 5.91 Å². The van der Waals surface area contributed by atoms with Gasteiger partial charge >= 0.3 is 6.18 Å². The first-order chi connectivity index (χ1) is 13.2. The molecule has 0 saturated carbocycles. The molecule has 1 aliphatic heterocycles. The second-order valence-electron chi connectivity index (χ2n) is 6.17. The molecule has 28 heavy (non-hydrogen) atoms. The molecule has 2 atom stereocenters. The standard InChI is InChI=1S/C19H15F4N3OS/c1-10-15(16(26-18(28)24-10)11-5-4-6-12(20)9-11)17(27)25-14-8-3-2-7-13(14)19(21,22)23/h2-9,15-16H,1H2,(H,25,27)(H2,24,26,28)/t15-,16-/m0/s1. The van der Waals surface area contributed by atoms with Crippen molar-refractivity contribution in [1.29, 1.82) is 0 Å². The molecular weight excluding hydrogens is 394 g/mol. The SMILES string of the molecule is C=C1NC(=S)N[C@@H](c2cccc(F)c2)[C@H]1C(=O)Nc1ccccc1C(F)(F)F. The van der Waals surface area contributed by atoms with Crippen LogP contribution in [0.3, 0.4) is 0 Å². The summed E-state index contributed by atoms with van der Waals surface area (Å²) in [6.07, 6.45) is -4.63. The fraction of sp³-hybridized carbons (Fsp3) is 0.158. The van der Waals surface area contributed by atoms with Crippen molar-refractivity contribution in [3.05, 3.63) is 77.8 Å². The average molecular weight is 409 g/mol. The Labute approximate surface area is 163 Å². The highest BCUT2D eigenvalue weighted by molar-refractivity contribution is 7.80. The normalized spacial score (nSPS) is 19.6. The smallest absolute Gasteiger partial charge is 0.354 e. The maximum Gasteiger partial charge on any atom is 0.418 e. The Kier molecular flexibility index (Phi) is 5.37. The summed E-state index contributed by atoms with van der Waals surface area (Å²) in [5, 5.41) is 8.06. The quantitative estimate of drug-likeness (QED) is 0.527. The molecule has 2 aromatic carbocycles. The summed E-state index contributed by atoms with van der Waals surface area (Å²) < 4.78 is 53.3. The van der Waals surface area contributed by atoms with E-state index in [-0.39, 0.29) is 16.5 Å². The number of alkyl halides is 3. The van der Waals surface area contributed by atoms with Crippen LogP contribution in [-0.2, 0) is 11.0 Å². The Morgan fingerprint density at radius 1 is 1.14 bits per heavy atom. The first kappa shape index (κ1) is 19.8. The molecule has 4 nitrogen and oxygen atoms in total. The average Bonchev–Trinajstić information content (AvgIpc) is 2.60. The highest BCUT2D eigenvalue weighted by Gasteiger charge is 2.38. The molecule has 0 unspecified atom stereocenters. The van der Waals surface area contributed by atoms with Crippen LogP contribution in [-0.4, -0.2) is 11.0 Å². The number of thiocarbonyl (C=S) groups is 1. The zero-order valence-electron chi connectivity index (χ0n) is 14.3. The number of halogens is 4. The molecule has 3 N–H and O–H groups in total. The van der Waals surface area contributed by atoms with E-state index in [2.05, 4.69) is 22.5 Å². The van der Waals surface area contributed by atoms with Gasteiger partial charge in [0.05, 0.1) is 17.3 Å². The lowest BCUT2D eigenvalue weighted by Gasteiger charge is -2.35. The Bertz CT molecular complexity index is 945. The number of benzene rings is 2. The van der Waals surface area contributed by atoms with Gasteiger partial charge in [-0.05, 0) is 42.0 Å². The Balaban J connectivity index is 1.94. The lowest BCUT2D eigenvalue weighted by molar-refractivity contribution is -0.137. The number of nitrogens with one attached hydrogen (secondary N) is 3. The zero-order chi connectivity index (χ0) is 20.5. The molecule has 0 aliphatic carbocycles. The first-order valence-corrected chi connectivity index (χ1v) is 8.56. The lowest BCUT2D eigenvalue weighted by Crippen LogP contribution is -2.51. The molecule has 0 aromatic heterocycles. The van der Waals surface area contributed by atoms with Gasteiger partial charge in [-0.1, -0.05) is 30.8 Å². The van der Waals surface area contributed by atoms with Crippen molar-refractivity contribution in [3.8, 4) is 0 Å². The van der Waals surface area contributed by atoms with Crippen LogP contribution in [0.25, 0.3) is 0 Å². The second-order valence-corrected chi connectivity index (χ2v) is 6.57. The van der Waals surface area contributed by atoms with Gasteiger partial charge in [0, 0.05) is 5.70 Å². The first-order valence-electron chi connectivity index (χ1n) is 8.15. The number of hydrogen-bond acceptors (Lipinski definition) is 2. The van der Waals surface area contributed by atoms with E-state index >= 15 is 0 Å². The number of anilines is 1. The van der Waals surface area contributed by atoms with E-state index in [1.165, 1.54) is 30.3 Å². The van der Waals surface area contributed by atoms with Gasteiger partial charge in [0.1, 0.15) is 11.7 Å². The second kappa shape index (κ2) is 7.59. The Morgan fingerprint density at radius 2 is 1.86 bits per heavy atom. The maximum atomic E-state index is 13.7. The van der Waals surface area contributed by atoms with Crippen molar-refractivity contribution in [2.45, 2.75) is 12.2 Å². The molecule has 1 amide bonds. The Hall–Kier alpha value is -2.94. The topological polar surface area (TPSA) is 53.2 Å². The number of carbonyl (C=O) groups is 1. The number of carbonyl (C=O) groups excluding carboxylic acids is 1. The van der Waals surface area contributed by atoms with Crippen LogP contribution in [0.5, 0.6) is 0 Å². The summed E-state index contributed by atoms with van der Waals surface area (Å²) in [4.78, 5) is 12.9. The highest BCUT2D eigenvalue weighted by Crippen LogP contribution is 2.36. The van der Waals surface area contributed by atoms with E-state index < -0.39 is 35.4 Å². The molecule has 2 aromatic rings. The largest absolute Gasteiger partial charge is 0.418 e. The van der Waals surface area contributed by atoms with Crippen LogP contribution in [0, 0.1) is 11.7 Å². The molecule has 1 heterocycles. The van der Waals surface area contributed by atoms with Crippen molar-refractivity contribution in [1.82, 2.24) is 10.6 Å². The molecular formula is C19H15F4N3OS. The van der Waals surface area contributed by atoms with Crippen LogP contribution in [0.1, 0.15) is 17.2 Å². The maximum absolute atomic E-state index is 13.7. The highest BCUT2D eigenvalue weighted by atomic mass is 32.1. The summed E-state index contributed by atoms with van der Waals surface area (Å²) in [6.45, 7) is 3.76. The van der Waals surface area contributed by atoms with Gasteiger partial charge < -0.3 is 16.0 Å². The zero-order valence-corrected chi connectivity index (χ0v) is 15.1. The minimum atomic E-state index is -4.63. The van der Waals surface area contributed by atoms with Crippen molar-refractivity contribution < 1.29 is 22.4 Å². The summed E-state index contributed by atoms with van der Waals surface area (Å²) in [6, 6.07) is 9.38. The third-order valence-electron chi connectivity index (χ3n) is 4.25. The summed E-state index contributed by atoms with van der Waals surface area (Å²) in [5.41, 5.74) is -0.739. The van der Waals surface area contributed by atoms with Crippen LogP contribution < -0.4 is 16.0 Å². The van der Waals surface area contributed by atoms with Crippen molar-refractivity contribution >= 4 is 28.9 Å². The lowest BCUT2D eigenvalue weighted by atomic mass is 9.88. The minimum absolute atomic E-state index is 0.180. The minimum Gasteiger partial charge on any atom is -0.354 e. The summed E-state index contributed by atoms with van der Waals surface area (Å²) >= 11 is 5.07. The van der Waals surface area contributed by atoms with Crippen LogP contribution >= 0.6 is 12.2 Å². The predicted molar refractivity (Wildman–Crippen MR) is 101 cm³/mol. The summed E-state index contributed by atoms with van der Waals surface area (Å²) in [7, 11) is 0. The van der Waals surface area contributed by atoms with E-state index in [1.807, 2.05) is 0 Å². The molecule has 0 spiro atoms. The third-order valence-corrected chi connectivity index (χ3v) is 4.47. The molecule has 0 bridgehead atoms. The molecule has 0 radical (unpaired) electrons. The van der Waals surface area contributed by atoms with E-state index in [0.29, 0.717) is 5.56 Å². The van der Waals surface area contributed by atoms with E-state index in [1.54, 1.807) is 6.07 Å². The molecule has 3 rings (SSSR count). The molecule has 146 valence electrons. The van der Waals surface area contributed by atoms with Crippen molar-refractivity contribution in [3.63, 3.8) is 0 Å². The van der Waals surface area contributed by atoms with Gasteiger partial charge in [-0.2, -0.15) is 13.2 Å². The fourth-order valence-corrected chi connectivity index (χ4v) is 3.28. The predicted octanol–water partition coefficient (Wildman–Crippen LogP) is 4.13. The van der Waals surface area contributed by atoms with Crippen LogP contribution in [0.2, 0.25) is 0 Å². The number of rotatable bonds is 3. The van der Waals surface area contributed by atoms with Crippen molar-refractivity contribution in [2.24, 2.45) is 5.92 Å².